The van der Waals surface area contributed by atoms with Gasteiger partial charge in [0.15, 0.2) is 0 Å². The summed E-state index contributed by atoms with van der Waals surface area (Å²) < 4.78 is 0. The van der Waals surface area contributed by atoms with E-state index in [-0.39, 0.29) is 11.8 Å². The Labute approximate surface area is 190 Å². The maximum atomic E-state index is 13.6. The molecule has 4 nitrogen and oxygen atoms in total. The maximum Gasteiger partial charge on any atom is 0.282 e. The van der Waals surface area contributed by atoms with Gasteiger partial charge in [0.05, 0.1) is 11.3 Å². The molecule has 0 bridgehead atoms. The van der Waals surface area contributed by atoms with E-state index in [4.69, 9.17) is 23.2 Å². The van der Waals surface area contributed by atoms with Crippen LogP contribution in [0.15, 0.2) is 78.5 Å². The minimum absolute atomic E-state index is 0.323. The van der Waals surface area contributed by atoms with Gasteiger partial charge >= 0.3 is 0 Å². The zero-order valence-electron chi connectivity index (χ0n) is 16.5. The highest BCUT2D eigenvalue weighted by Gasteiger charge is 2.43. The van der Waals surface area contributed by atoms with Crippen LogP contribution in [0.3, 0.4) is 0 Å². The van der Waals surface area contributed by atoms with Crippen LogP contribution < -0.4 is 4.90 Å². The van der Waals surface area contributed by atoms with Gasteiger partial charge in [-0.25, -0.2) is 4.90 Å². The number of hydrogen-bond donors (Lipinski definition) is 0. The molecule has 0 spiro atoms. The van der Waals surface area contributed by atoms with Gasteiger partial charge in [-0.1, -0.05) is 59.6 Å². The van der Waals surface area contributed by atoms with Gasteiger partial charge in [0.2, 0.25) is 0 Å². The van der Waals surface area contributed by atoms with Gasteiger partial charge in [-0.3, -0.25) is 9.59 Å². The maximum absolute atomic E-state index is 13.6. The zero-order chi connectivity index (χ0) is 21.5. The van der Waals surface area contributed by atoms with Gasteiger partial charge in [-0.05, 0) is 59.5 Å². The number of imide groups is 1. The SMILES string of the molecule is O=C1C(c2ccc(Cl)cc2)=C(N2CCc3ccccc3C2)C(=O)N1c1ccc(Cl)cc1. The molecule has 0 fully saturated rings. The van der Waals surface area contributed by atoms with E-state index in [1.54, 1.807) is 48.5 Å². The monoisotopic (exact) mass is 448 g/mol. The molecule has 0 saturated carbocycles. The smallest absolute Gasteiger partial charge is 0.282 e. The second-order valence-corrected chi connectivity index (χ2v) is 8.47. The summed E-state index contributed by atoms with van der Waals surface area (Å²) in [5.74, 6) is -0.667. The van der Waals surface area contributed by atoms with E-state index in [0.717, 1.165) is 6.42 Å². The van der Waals surface area contributed by atoms with E-state index < -0.39 is 0 Å². The molecular formula is C25H18Cl2N2O2. The van der Waals surface area contributed by atoms with Gasteiger partial charge in [0.1, 0.15) is 5.70 Å². The lowest BCUT2D eigenvalue weighted by atomic mass is 9.98. The van der Waals surface area contributed by atoms with Gasteiger partial charge in [0, 0.05) is 23.1 Å². The van der Waals surface area contributed by atoms with Gasteiger partial charge < -0.3 is 4.90 Å². The predicted octanol–water partition coefficient (Wildman–Crippen LogP) is 5.34. The minimum atomic E-state index is -0.344. The third-order valence-electron chi connectivity index (χ3n) is 5.72. The molecule has 0 atom stereocenters. The van der Waals surface area contributed by atoms with E-state index in [1.165, 1.54) is 16.0 Å². The van der Waals surface area contributed by atoms with Crippen molar-refractivity contribution < 1.29 is 9.59 Å². The van der Waals surface area contributed by atoms with Crippen LogP contribution in [0.25, 0.3) is 5.57 Å². The lowest BCUT2D eigenvalue weighted by molar-refractivity contribution is -0.120. The molecule has 0 saturated heterocycles. The average molecular weight is 449 g/mol. The number of carbonyl (C=O) groups is 2. The van der Waals surface area contributed by atoms with Crippen LogP contribution in [0, 0.1) is 0 Å². The molecule has 2 aliphatic rings. The van der Waals surface area contributed by atoms with Crippen molar-refractivity contribution in [1.29, 1.82) is 0 Å². The van der Waals surface area contributed by atoms with Gasteiger partial charge in [-0.2, -0.15) is 0 Å². The zero-order valence-corrected chi connectivity index (χ0v) is 18.0. The molecule has 3 aromatic carbocycles. The Morgan fingerprint density at radius 2 is 1.32 bits per heavy atom. The fourth-order valence-electron chi connectivity index (χ4n) is 4.20. The Hall–Kier alpha value is -3.08. The van der Waals surface area contributed by atoms with E-state index >= 15 is 0 Å². The van der Waals surface area contributed by atoms with Crippen LogP contribution in [0.1, 0.15) is 16.7 Å². The van der Waals surface area contributed by atoms with Crippen molar-refractivity contribution in [2.24, 2.45) is 0 Å². The summed E-state index contributed by atoms with van der Waals surface area (Å²) in [6.07, 6.45) is 0.815. The van der Waals surface area contributed by atoms with E-state index in [1.807, 2.05) is 17.0 Å². The molecule has 2 heterocycles. The average Bonchev–Trinajstić information content (AvgIpc) is 3.05. The summed E-state index contributed by atoms with van der Waals surface area (Å²) in [5, 5.41) is 1.12. The van der Waals surface area contributed by atoms with E-state index in [2.05, 4.69) is 12.1 Å². The normalized spacial score (nSPS) is 16.2. The Morgan fingerprint density at radius 1 is 0.710 bits per heavy atom. The Bertz CT molecular complexity index is 1220. The molecule has 0 aliphatic carbocycles. The molecule has 2 aliphatic heterocycles. The number of amides is 2. The first kappa shape index (κ1) is 19.9. The molecule has 154 valence electrons. The first-order valence-electron chi connectivity index (χ1n) is 9.99. The second kappa shape index (κ2) is 7.88. The summed E-state index contributed by atoms with van der Waals surface area (Å²) in [6, 6.07) is 22.0. The fraction of sp³-hybridized carbons (Fsp3) is 0.120. The second-order valence-electron chi connectivity index (χ2n) is 7.59. The highest BCUT2D eigenvalue weighted by molar-refractivity contribution is 6.45. The highest BCUT2D eigenvalue weighted by Crippen LogP contribution is 2.37. The number of nitrogens with zero attached hydrogens (tertiary/aromatic N) is 2. The van der Waals surface area contributed by atoms with Gasteiger partial charge in [0.25, 0.3) is 11.8 Å². The molecule has 6 heteroatoms. The molecule has 2 amide bonds. The number of rotatable bonds is 3. The quantitative estimate of drug-likeness (QED) is 0.507. The van der Waals surface area contributed by atoms with Crippen LogP contribution in [-0.4, -0.2) is 23.3 Å². The third kappa shape index (κ3) is 3.52. The number of halogens is 2. The topological polar surface area (TPSA) is 40.6 Å². The summed E-state index contributed by atoms with van der Waals surface area (Å²) in [7, 11) is 0. The summed E-state index contributed by atoms with van der Waals surface area (Å²) in [4.78, 5) is 30.4. The first-order valence-corrected chi connectivity index (χ1v) is 10.7. The molecule has 0 unspecified atom stereocenters. The number of hydrogen-bond acceptors (Lipinski definition) is 3. The van der Waals surface area contributed by atoms with Crippen LogP contribution in [0.5, 0.6) is 0 Å². The first-order chi connectivity index (χ1) is 15.0. The Kier molecular flexibility index (Phi) is 5.05. The molecule has 31 heavy (non-hydrogen) atoms. The molecule has 0 N–H and O–H groups in total. The van der Waals surface area contributed by atoms with Crippen molar-refractivity contribution in [2.45, 2.75) is 13.0 Å². The summed E-state index contributed by atoms with van der Waals surface area (Å²) in [6.45, 7) is 1.24. The number of anilines is 1. The standard InChI is InChI=1S/C25H18Cl2N2O2/c26-19-7-5-17(6-8-19)22-23(28-14-13-16-3-1-2-4-18(16)15-28)25(31)29(24(22)30)21-11-9-20(27)10-12-21/h1-12H,13-15H2. The lowest BCUT2D eigenvalue weighted by Gasteiger charge is -2.31. The van der Waals surface area contributed by atoms with Crippen LogP contribution >= 0.6 is 23.2 Å². The van der Waals surface area contributed by atoms with Crippen molar-refractivity contribution in [1.82, 2.24) is 4.90 Å². The largest absolute Gasteiger partial charge is 0.362 e. The predicted molar refractivity (Wildman–Crippen MR) is 123 cm³/mol. The number of carbonyl (C=O) groups excluding carboxylic acids is 2. The number of benzene rings is 3. The fourth-order valence-corrected chi connectivity index (χ4v) is 4.45. The molecular weight excluding hydrogens is 431 g/mol. The third-order valence-corrected chi connectivity index (χ3v) is 6.23. The lowest BCUT2D eigenvalue weighted by Crippen LogP contribution is -2.37. The molecule has 0 radical (unpaired) electrons. The van der Waals surface area contributed by atoms with Crippen molar-refractivity contribution in [3.8, 4) is 0 Å². The Morgan fingerprint density at radius 3 is 2.00 bits per heavy atom. The summed E-state index contributed by atoms with van der Waals surface area (Å²) >= 11 is 12.1. The Balaban J connectivity index is 1.61. The van der Waals surface area contributed by atoms with Crippen molar-refractivity contribution in [3.63, 3.8) is 0 Å². The summed E-state index contributed by atoms with van der Waals surface area (Å²) in [5.41, 5.74) is 4.44. The van der Waals surface area contributed by atoms with Crippen molar-refractivity contribution >= 4 is 46.3 Å². The van der Waals surface area contributed by atoms with Crippen LogP contribution in [0.4, 0.5) is 5.69 Å². The van der Waals surface area contributed by atoms with Crippen LogP contribution in [0.2, 0.25) is 10.0 Å². The number of fused-ring (bicyclic) bond motifs is 1. The van der Waals surface area contributed by atoms with Gasteiger partial charge in [-0.15, -0.1) is 0 Å². The van der Waals surface area contributed by atoms with E-state index in [9.17, 15) is 9.59 Å². The molecule has 3 aromatic rings. The van der Waals surface area contributed by atoms with Crippen LogP contribution in [-0.2, 0) is 22.6 Å². The van der Waals surface area contributed by atoms with E-state index in [0.29, 0.717) is 45.7 Å². The van der Waals surface area contributed by atoms with Crippen molar-refractivity contribution in [2.75, 3.05) is 11.4 Å². The minimum Gasteiger partial charge on any atom is -0.362 e. The molecule has 5 rings (SSSR count). The highest BCUT2D eigenvalue weighted by atomic mass is 35.5. The van der Waals surface area contributed by atoms with Crippen molar-refractivity contribution in [3.05, 3.63) is 105 Å². The molecule has 0 aromatic heterocycles.